The maximum absolute atomic E-state index is 13.8. The fraction of sp³-hybridized carbons (Fsp3) is 0.600. The fourth-order valence-corrected chi connectivity index (χ4v) is 2.80. The lowest BCUT2D eigenvalue weighted by molar-refractivity contribution is -0.140. The van der Waals surface area contributed by atoms with E-state index in [1.807, 2.05) is 6.92 Å². The average molecular weight is 304 g/mol. The molecule has 1 aliphatic heterocycles. The van der Waals surface area contributed by atoms with Crippen LogP contribution in [-0.2, 0) is 6.18 Å². The largest absolute Gasteiger partial charge is 0.419 e. The molecule has 2 rings (SSSR count). The molecule has 0 amide bonds. The van der Waals surface area contributed by atoms with Crippen LogP contribution in [-0.4, -0.2) is 31.1 Å². The molecule has 0 radical (unpaired) electrons. The van der Waals surface area contributed by atoms with Gasteiger partial charge in [0.1, 0.15) is 5.82 Å². The molecule has 1 heterocycles. The summed E-state index contributed by atoms with van der Waals surface area (Å²) in [7, 11) is 0. The number of nitrogens with zero attached hydrogens (tertiary/aromatic N) is 1. The van der Waals surface area contributed by atoms with E-state index >= 15 is 0 Å². The van der Waals surface area contributed by atoms with Gasteiger partial charge in [-0.15, -0.1) is 0 Å². The molecule has 21 heavy (non-hydrogen) atoms. The molecule has 1 aromatic rings. The molecule has 1 saturated heterocycles. The van der Waals surface area contributed by atoms with Crippen molar-refractivity contribution in [3.63, 3.8) is 0 Å². The molecule has 1 N–H and O–H groups in total. The van der Waals surface area contributed by atoms with Crippen molar-refractivity contribution in [2.24, 2.45) is 0 Å². The summed E-state index contributed by atoms with van der Waals surface area (Å²) < 4.78 is 51.6. The molecule has 1 aromatic carbocycles. The third-order valence-corrected chi connectivity index (χ3v) is 3.84. The summed E-state index contributed by atoms with van der Waals surface area (Å²) in [4.78, 5) is 2.21. The van der Waals surface area contributed by atoms with Crippen LogP contribution in [0.1, 0.15) is 36.9 Å². The van der Waals surface area contributed by atoms with Gasteiger partial charge >= 0.3 is 6.18 Å². The van der Waals surface area contributed by atoms with E-state index < -0.39 is 17.6 Å². The van der Waals surface area contributed by atoms with Gasteiger partial charge in [0.2, 0.25) is 0 Å². The molecule has 118 valence electrons. The van der Waals surface area contributed by atoms with Crippen LogP contribution in [0.5, 0.6) is 0 Å². The van der Waals surface area contributed by atoms with Gasteiger partial charge in [0.25, 0.3) is 0 Å². The molecule has 1 aliphatic rings. The highest BCUT2D eigenvalue weighted by molar-refractivity contribution is 5.28. The smallest absolute Gasteiger partial charge is 0.314 e. The number of alkyl halides is 3. The Bertz CT molecular complexity index is 467. The Labute approximate surface area is 122 Å². The number of hydrogen-bond donors (Lipinski definition) is 1. The topological polar surface area (TPSA) is 15.3 Å². The van der Waals surface area contributed by atoms with E-state index in [1.165, 1.54) is 6.07 Å². The third kappa shape index (κ3) is 3.95. The van der Waals surface area contributed by atoms with Crippen LogP contribution >= 0.6 is 0 Å². The first-order valence-corrected chi connectivity index (χ1v) is 7.25. The number of piperazine rings is 1. The van der Waals surface area contributed by atoms with Gasteiger partial charge in [-0.1, -0.05) is 19.4 Å². The first-order valence-electron chi connectivity index (χ1n) is 7.25. The molecule has 0 saturated carbocycles. The third-order valence-electron chi connectivity index (χ3n) is 3.84. The number of halogens is 4. The second-order valence-corrected chi connectivity index (χ2v) is 5.33. The molecule has 0 aliphatic carbocycles. The summed E-state index contributed by atoms with van der Waals surface area (Å²) in [5.41, 5.74) is -0.564. The van der Waals surface area contributed by atoms with Gasteiger partial charge in [-0.2, -0.15) is 13.2 Å². The van der Waals surface area contributed by atoms with Gasteiger partial charge in [0.05, 0.1) is 5.56 Å². The minimum atomic E-state index is -4.64. The Morgan fingerprint density at radius 2 is 1.90 bits per heavy atom. The first-order chi connectivity index (χ1) is 9.93. The number of hydrogen-bond acceptors (Lipinski definition) is 2. The Hall–Kier alpha value is -1.14. The highest BCUT2D eigenvalue weighted by atomic mass is 19.4. The van der Waals surface area contributed by atoms with Crippen LogP contribution in [0.15, 0.2) is 18.2 Å². The van der Waals surface area contributed by atoms with Crippen LogP contribution in [0.4, 0.5) is 17.6 Å². The van der Waals surface area contributed by atoms with Crippen molar-refractivity contribution in [2.45, 2.75) is 32.0 Å². The van der Waals surface area contributed by atoms with Crippen LogP contribution in [0, 0.1) is 5.82 Å². The molecule has 1 atom stereocenters. The maximum atomic E-state index is 13.8. The Morgan fingerprint density at radius 1 is 1.24 bits per heavy atom. The van der Waals surface area contributed by atoms with Gasteiger partial charge in [-0.25, -0.2) is 4.39 Å². The van der Waals surface area contributed by atoms with Gasteiger partial charge in [0.15, 0.2) is 0 Å². The average Bonchev–Trinajstić information content (AvgIpc) is 2.44. The van der Waals surface area contributed by atoms with Gasteiger partial charge in [-0.05, 0) is 24.1 Å². The monoisotopic (exact) mass is 304 g/mol. The van der Waals surface area contributed by atoms with E-state index in [2.05, 4.69) is 10.2 Å². The second-order valence-electron chi connectivity index (χ2n) is 5.33. The molecule has 0 spiro atoms. The van der Waals surface area contributed by atoms with E-state index in [9.17, 15) is 17.6 Å². The predicted octanol–water partition coefficient (Wildman–Crippen LogP) is 3.59. The van der Waals surface area contributed by atoms with Crippen molar-refractivity contribution in [3.8, 4) is 0 Å². The first kappa shape index (κ1) is 16.2. The van der Waals surface area contributed by atoms with E-state index in [0.29, 0.717) is 5.56 Å². The lowest BCUT2D eigenvalue weighted by Gasteiger charge is -2.35. The Balaban J connectivity index is 2.26. The summed E-state index contributed by atoms with van der Waals surface area (Å²) in [6.07, 6.45) is -2.93. The number of nitrogens with one attached hydrogen (secondary N) is 1. The van der Waals surface area contributed by atoms with Crippen molar-refractivity contribution in [2.75, 3.05) is 26.2 Å². The molecule has 0 bridgehead atoms. The van der Waals surface area contributed by atoms with E-state index in [4.69, 9.17) is 0 Å². The van der Waals surface area contributed by atoms with Crippen LogP contribution in [0.3, 0.4) is 0 Å². The Kier molecular flexibility index (Phi) is 5.22. The molecule has 0 unspecified atom stereocenters. The fourth-order valence-electron chi connectivity index (χ4n) is 2.80. The zero-order valence-electron chi connectivity index (χ0n) is 12.0. The molecule has 6 heteroatoms. The molecule has 0 aromatic heterocycles. The number of benzene rings is 1. The predicted molar refractivity (Wildman–Crippen MR) is 73.5 cm³/mol. The van der Waals surface area contributed by atoms with Gasteiger partial charge < -0.3 is 5.32 Å². The standard InChI is InChI=1S/C15H20F4N2/c1-2-3-14(21-8-6-20-7-9-21)11-4-5-12(13(16)10-11)15(17,18)19/h4-5,10,14,20H,2-3,6-9H2,1H3/t14-/m0/s1. The Morgan fingerprint density at radius 3 is 2.43 bits per heavy atom. The highest BCUT2D eigenvalue weighted by Gasteiger charge is 2.34. The summed E-state index contributed by atoms with van der Waals surface area (Å²) in [6, 6.07) is 3.29. The molecule has 1 fully saturated rings. The van der Waals surface area contributed by atoms with Crippen molar-refractivity contribution < 1.29 is 17.6 Å². The minimum absolute atomic E-state index is 0.0196. The van der Waals surface area contributed by atoms with Gasteiger partial charge in [0, 0.05) is 32.2 Å². The van der Waals surface area contributed by atoms with Crippen LogP contribution in [0.25, 0.3) is 0 Å². The van der Waals surface area contributed by atoms with Crippen molar-refractivity contribution in [1.82, 2.24) is 10.2 Å². The zero-order valence-corrected chi connectivity index (χ0v) is 12.0. The van der Waals surface area contributed by atoms with Crippen LogP contribution < -0.4 is 5.32 Å². The van der Waals surface area contributed by atoms with Gasteiger partial charge in [-0.3, -0.25) is 4.90 Å². The zero-order chi connectivity index (χ0) is 15.5. The quantitative estimate of drug-likeness (QED) is 0.855. The highest BCUT2D eigenvalue weighted by Crippen LogP contribution is 2.34. The van der Waals surface area contributed by atoms with Crippen molar-refractivity contribution in [3.05, 3.63) is 35.1 Å². The second kappa shape index (κ2) is 6.75. The normalized spacial score (nSPS) is 18.7. The SMILES string of the molecule is CCC[C@@H](c1ccc(C(F)(F)F)c(F)c1)N1CCNCC1. The lowest BCUT2D eigenvalue weighted by atomic mass is 9.98. The molecular formula is C15H20F4N2. The van der Waals surface area contributed by atoms with Crippen LogP contribution in [0.2, 0.25) is 0 Å². The minimum Gasteiger partial charge on any atom is -0.314 e. The van der Waals surface area contributed by atoms with E-state index in [-0.39, 0.29) is 6.04 Å². The summed E-state index contributed by atoms with van der Waals surface area (Å²) in [5, 5.41) is 3.24. The van der Waals surface area contributed by atoms with Crippen molar-refractivity contribution >= 4 is 0 Å². The summed E-state index contributed by atoms with van der Waals surface area (Å²) in [6.45, 7) is 5.38. The molecule has 2 nitrogen and oxygen atoms in total. The molecular weight excluding hydrogens is 284 g/mol. The summed E-state index contributed by atoms with van der Waals surface area (Å²) >= 11 is 0. The van der Waals surface area contributed by atoms with Crippen molar-refractivity contribution in [1.29, 1.82) is 0 Å². The lowest BCUT2D eigenvalue weighted by Crippen LogP contribution is -2.45. The van der Waals surface area contributed by atoms with E-state index in [1.54, 1.807) is 0 Å². The summed E-state index contributed by atoms with van der Waals surface area (Å²) in [5.74, 6) is -1.18. The maximum Gasteiger partial charge on any atom is 0.419 e. The number of rotatable bonds is 4. The van der Waals surface area contributed by atoms with E-state index in [0.717, 1.165) is 51.2 Å².